The van der Waals surface area contributed by atoms with Crippen LogP contribution >= 0.6 is 11.3 Å². The predicted molar refractivity (Wildman–Crippen MR) is 80.9 cm³/mol. The Morgan fingerprint density at radius 2 is 2.19 bits per heavy atom. The molecule has 0 spiro atoms. The van der Waals surface area contributed by atoms with Gasteiger partial charge in [-0.1, -0.05) is 11.8 Å². The van der Waals surface area contributed by atoms with Gasteiger partial charge in [0.05, 0.1) is 19.6 Å². The highest BCUT2D eigenvalue weighted by molar-refractivity contribution is 7.12. The smallest absolute Gasteiger partial charge is 0.308 e. The number of nitrogens with zero attached hydrogens (tertiary/aromatic N) is 1. The van der Waals surface area contributed by atoms with Crippen LogP contribution < -0.4 is 5.73 Å². The highest BCUT2D eigenvalue weighted by Crippen LogP contribution is 2.23. The van der Waals surface area contributed by atoms with Crippen molar-refractivity contribution >= 4 is 23.2 Å². The summed E-state index contributed by atoms with van der Waals surface area (Å²) in [5, 5.41) is 1.86. The molecule has 0 saturated carbocycles. The van der Waals surface area contributed by atoms with E-state index in [-0.39, 0.29) is 24.3 Å². The molecule has 1 aromatic rings. The molecule has 1 saturated heterocycles. The Bertz CT molecular complexity index is 577. The van der Waals surface area contributed by atoms with Gasteiger partial charge in [0.1, 0.15) is 4.88 Å². The van der Waals surface area contributed by atoms with Crippen molar-refractivity contribution in [2.24, 2.45) is 11.7 Å². The van der Waals surface area contributed by atoms with Gasteiger partial charge in [-0.3, -0.25) is 9.59 Å². The van der Waals surface area contributed by atoms with Gasteiger partial charge in [0.2, 0.25) is 0 Å². The van der Waals surface area contributed by atoms with Crippen LogP contribution in [0.4, 0.5) is 0 Å². The molecule has 1 fully saturated rings. The van der Waals surface area contributed by atoms with Crippen molar-refractivity contribution < 1.29 is 14.3 Å². The number of likely N-dealkylation sites (tertiary alicyclic amines) is 1. The van der Waals surface area contributed by atoms with E-state index >= 15 is 0 Å². The van der Waals surface area contributed by atoms with Crippen molar-refractivity contribution in [1.82, 2.24) is 4.90 Å². The van der Waals surface area contributed by atoms with E-state index in [0.29, 0.717) is 30.8 Å². The first-order valence-electron chi connectivity index (χ1n) is 6.81. The number of ether oxygens (including phenoxy) is 1. The third-order valence-electron chi connectivity index (χ3n) is 3.50. The number of piperidine rings is 1. The van der Waals surface area contributed by atoms with Crippen LogP contribution in [0.5, 0.6) is 0 Å². The second kappa shape index (κ2) is 7.25. The van der Waals surface area contributed by atoms with Crippen molar-refractivity contribution in [1.29, 1.82) is 0 Å². The zero-order valence-corrected chi connectivity index (χ0v) is 12.7. The summed E-state index contributed by atoms with van der Waals surface area (Å²) < 4.78 is 4.75. The number of thiophene rings is 1. The van der Waals surface area contributed by atoms with Crippen molar-refractivity contribution in [2.45, 2.75) is 12.8 Å². The minimum atomic E-state index is -0.187. The SMILES string of the molecule is COC(=O)C1CCN(C(=O)c2sccc2C#CCN)CC1. The van der Waals surface area contributed by atoms with E-state index in [1.165, 1.54) is 18.4 Å². The van der Waals surface area contributed by atoms with Gasteiger partial charge in [0, 0.05) is 18.7 Å². The molecule has 2 heterocycles. The lowest BCUT2D eigenvalue weighted by atomic mass is 9.97. The molecular formula is C15H18N2O3S. The second-order valence-electron chi connectivity index (χ2n) is 4.76. The zero-order chi connectivity index (χ0) is 15.2. The maximum atomic E-state index is 12.5. The highest BCUT2D eigenvalue weighted by atomic mass is 32.1. The summed E-state index contributed by atoms with van der Waals surface area (Å²) in [7, 11) is 1.40. The molecule has 0 aromatic carbocycles. The molecule has 2 N–H and O–H groups in total. The fourth-order valence-electron chi connectivity index (χ4n) is 2.35. The summed E-state index contributed by atoms with van der Waals surface area (Å²) in [6.45, 7) is 1.41. The van der Waals surface area contributed by atoms with Crippen LogP contribution in [0.15, 0.2) is 11.4 Å². The van der Waals surface area contributed by atoms with E-state index in [9.17, 15) is 9.59 Å². The van der Waals surface area contributed by atoms with E-state index in [1.54, 1.807) is 4.90 Å². The summed E-state index contributed by atoms with van der Waals surface area (Å²) in [6.07, 6.45) is 1.29. The molecule has 6 heteroatoms. The number of hydrogen-bond acceptors (Lipinski definition) is 5. The van der Waals surface area contributed by atoms with E-state index in [2.05, 4.69) is 11.8 Å². The molecule has 1 aromatic heterocycles. The molecule has 112 valence electrons. The normalized spacial score (nSPS) is 15.2. The van der Waals surface area contributed by atoms with E-state index in [1.807, 2.05) is 11.4 Å². The van der Waals surface area contributed by atoms with E-state index < -0.39 is 0 Å². The molecule has 0 radical (unpaired) electrons. The molecular weight excluding hydrogens is 288 g/mol. The molecule has 1 aliphatic rings. The summed E-state index contributed by atoms with van der Waals surface area (Å²) in [5.41, 5.74) is 6.09. The fraction of sp³-hybridized carbons (Fsp3) is 0.467. The number of nitrogens with two attached hydrogens (primary N) is 1. The van der Waals surface area contributed by atoms with E-state index in [0.717, 1.165) is 5.56 Å². The number of carbonyl (C=O) groups is 2. The number of esters is 1. The van der Waals surface area contributed by atoms with Gasteiger partial charge < -0.3 is 15.4 Å². The predicted octanol–water partition coefficient (Wildman–Crippen LogP) is 1.08. The van der Waals surface area contributed by atoms with Crippen molar-refractivity contribution in [3.05, 3.63) is 21.9 Å². The van der Waals surface area contributed by atoms with Gasteiger partial charge in [0.25, 0.3) is 5.91 Å². The first kappa shape index (κ1) is 15.5. The zero-order valence-electron chi connectivity index (χ0n) is 11.9. The van der Waals surface area contributed by atoms with Gasteiger partial charge in [-0.2, -0.15) is 0 Å². The monoisotopic (exact) mass is 306 g/mol. The van der Waals surface area contributed by atoms with Crippen LogP contribution in [-0.4, -0.2) is 43.5 Å². The quantitative estimate of drug-likeness (QED) is 0.655. The van der Waals surface area contributed by atoms with Crippen LogP contribution in [0.25, 0.3) is 0 Å². The lowest BCUT2D eigenvalue weighted by Crippen LogP contribution is -2.40. The van der Waals surface area contributed by atoms with Crippen LogP contribution in [0.1, 0.15) is 28.1 Å². The summed E-state index contributed by atoms with van der Waals surface area (Å²) >= 11 is 1.39. The third kappa shape index (κ3) is 3.63. The largest absolute Gasteiger partial charge is 0.469 e. The number of carbonyl (C=O) groups excluding carboxylic acids is 2. The second-order valence-corrected chi connectivity index (χ2v) is 5.68. The Hall–Kier alpha value is -1.84. The Balaban J connectivity index is 2.02. The number of amides is 1. The molecule has 1 aliphatic heterocycles. The van der Waals surface area contributed by atoms with Crippen LogP contribution in [0, 0.1) is 17.8 Å². The Kier molecular flexibility index (Phi) is 5.37. The van der Waals surface area contributed by atoms with Gasteiger partial charge in [0.15, 0.2) is 0 Å². The molecule has 0 aliphatic carbocycles. The fourth-order valence-corrected chi connectivity index (χ4v) is 3.16. The minimum absolute atomic E-state index is 0.0189. The Morgan fingerprint density at radius 1 is 1.48 bits per heavy atom. The van der Waals surface area contributed by atoms with Gasteiger partial charge in [-0.05, 0) is 24.3 Å². The summed E-state index contributed by atoms with van der Waals surface area (Å²) in [4.78, 5) is 26.4. The average molecular weight is 306 g/mol. The molecule has 0 bridgehead atoms. The van der Waals surface area contributed by atoms with Gasteiger partial charge in [-0.25, -0.2) is 0 Å². The summed E-state index contributed by atoms with van der Waals surface area (Å²) in [6, 6.07) is 1.84. The average Bonchev–Trinajstić information content (AvgIpc) is 3.00. The molecule has 5 nitrogen and oxygen atoms in total. The number of methoxy groups -OCH3 is 1. The van der Waals surface area contributed by atoms with E-state index in [4.69, 9.17) is 10.5 Å². The first-order chi connectivity index (χ1) is 10.2. The topological polar surface area (TPSA) is 72.6 Å². The number of rotatable bonds is 2. The maximum absolute atomic E-state index is 12.5. The van der Waals surface area contributed by atoms with Crippen molar-refractivity contribution in [3.8, 4) is 11.8 Å². The van der Waals surface area contributed by atoms with Crippen LogP contribution in [0.2, 0.25) is 0 Å². The lowest BCUT2D eigenvalue weighted by Gasteiger charge is -2.30. The highest BCUT2D eigenvalue weighted by Gasteiger charge is 2.29. The van der Waals surface area contributed by atoms with Crippen molar-refractivity contribution in [2.75, 3.05) is 26.7 Å². The summed E-state index contributed by atoms with van der Waals surface area (Å²) in [5.74, 6) is 5.39. The molecule has 1 amide bonds. The van der Waals surface area contributed by atoms with Gasteiger partial charge in [-0.15, -0.1) is 11.3 Å². The van der Waals surface area contributed by atoms with Gasteiger partial charge >= 0.3 is 5.97 Å². The molecule has 21 heavy (non-hydrogen) atoms. The molecule has 2 rings (SSSR count). The minimum Gasteiger partial charge on any atom is -0.469 e. The van der Waals surface area contributed by atoms with Crippen LogP contribution in [0.3, 0.4) is 0 Å². The standard InChI is InChI=1S/C15H18N2O3S/c1-20-15(19)12-4-8-17(9-5-12)14(18)13-11(3-2-7-16)6-10-21-13/h6,10,12H,4-5,7-9,16H2,1H3. The lowest BCUT2D eigenvalue weighted by molar-refractivity contribution is -0.146. The molecule has 0 atom stereocenters. The Morgan fingerprint density at radius 3 is 2.81 bits per heavy atom. The maximum Gasteiger partial charge on any atom is 0.308 e. The number of hydrogen-bond donors (Lipinski definition) is 1. The molecule has 0 unspecified atom stereocenters. The Labute approximate surface area is 128 Å². The van der Waals surface area contributed by atoms with Crippen molar-refractivity contribution in [3.63, 3.8) is 0 Å². The van der Waals surface area contributed by atoms with Crippen LogP contribution in [-0.2, 0) is 9.53 Å². The first-order valence-corrected chi connectivity index (χ1v) is 7.69. The third-order valence-corrected chi connectivity index (χ3v) is 4.40.